The number of allylic oxidation sites excluding steroid dienone is 3. The van der Waals surface area contributed by atoms with Crippen LogP contribution in [0.5, 0.6) is 0 Å². The van der Waals surface area contributed by atoms with Gasteiger partial charge in [-0.05, 0) is 44.9 Å². The Bertz CT molecular complexity index is 966. The summed E-state index contributed by atoms with van der Waals surface area (Å²) >= 11 is 0. The van der Waals surface area contributed by atoms with Gasteiger partial charge in [-0.3, -0.25) is 4.40 Å². The average molecular weight is 324 g/mol. The van der Waals surface area contributed by atoms with Crippen LogP contribution < -0.4 is 5.32 Å². The number of hydrogen-bond donors (Lipinski definition) is 1. The van der Waals surface area contributed by atoms with Crippen LogP contribution in [0.1, 0.15) is 32.8 Å². The summed E-state index contributed by atoms with van der Waals surface area (Å²) in [5.74, 6) is 0.387. The van der Waals surface area contributed by atoms with Crippen LogP contribution in [0.15, 0.2) is 48.1 Å². The molecule has 1 N–H and O–H groups in total. The Balaban J connectivity index is 2.26. The summed E-state index contributed by atoms with van der Waals surface area (Å²) in [5, 5.41) is 3.39. The van der Waals surface area contributed by atoms with Crippen molar-refractivity contribution in [1.82, 2.24) is 14.4 Å². The van der Waals surface area contributed by atoms with E-state index < -0.39 is 0 Å². The van der Waals surface area contributed by atoms with Crippen molar-refractivity contribution in [2.45, 2.75) is 34.1 Å². The first-order chi connectivity index (χ1) is 11.5. The highest BCUT2D eigenvalue weighted by molar-refractivity contribution is 5.87. The van der Waals surface area contributed by atoms with E-state index in [1.807, 2.05) is 30.4 Å². The molecule has 2 heterocycles. The second-order valence-corrected chi connectivity index (χ2v) is 5.87. The Morgan fingerprint density at radius 2 is 2.17 bits per heavy atom. The van der Waals surface area contributed by atoms with E-state index in [0.29, 0.717) is 11.3 Å². The fourth-order valence-corrected chi connectivity index (χ4v) is 2.81. The number of halogens is 1. The van der Waals surface area contributed by atoms with Gasteiger partial charge >= 0.3 is 0 Å². The van der Waals surface area contributed by atoms with Crippen LogP contribution in [-0.2, 0) is 0 Å². The van der Waals surface area contributed by atoms with Gasteiger partial charge in [-0.15, -0.1) is 0 Å². The topological polar surface area (TPSA) is 42.2 Å². The number of aryl methyl sites for hydroxylation is 1. The highest BCUT2D eigenvalue weighted by Gasteiger charge is 2.13. The van der Waals surface area contributed by atoms with Gasteiger partial charge in [0, 0.05) is 11.8 Å². The smallest absolute Gasteiger partial charge is 0.157 e. The van der Waals surface area contributed by atoms with Crippen LogP contribution in [-0.4, -0.2) is 14.4 Å². The quantitative estimate of drug-likeness (QED) is 0.687. The molecule has 5 heteroatoms. The molecule has 0 amide bonds. The molecule has 0 aliphatic heterocycles. The monoisotopic (exact) mass is 324 g/mol. The highest BCUT2D eigenvalue weighted by atomic mass is 19.1. The molecule has 2 aromatic heterocycles. The molecule has 124 valence electrons. The second kappa shape index (κ2) is 6.43. The van der Waals surface area contributed by atoms with Crippen molar-refractivity contribution in [3.8, 4) is 0 Å². The van der Waals surface area contributed by atoms with Crippen LogP contribution in [0, 0.1) is 12.7 Å². The van der Waals surface area contributed by atoms with Gasteiger partial charge in [0.15, 0.2) is 5.82 Å². The molecule has 0 radical (unpaired) electrons. The lowest BCUT2D eigenvalue weighted by atomic mass is 10.1. The maximum absolute atomic E-state index is 13.8. The molecule has 0 unspecified atom stereocenters. The first-order valence-corrected chi connectivity index (χ1v) is 8.06. The van der Waals surface area contributed by atoms with Gasteiger partial charge in [0.2, 0.25) is 0 Å². The minimum atomic E-state index is -0.285. The van der Waals surface area contributed by atoms with Gasteiger partial charge in [0.25, 0.3) is 0 Å². The maximum Gasteiger partial charge on any atom is 0.157 e. The Hall–Kier alpha value is -2.69. The third-order valence-corrected chi connectivity index (χ3v) is 4.18. The van der Waals surface area contributed by atoms with Crippen LogP contribution in [0.3, 0.4) is 0 Å². The molecule has 4 nitrogen and oxygen atoms in total. The number of nitrogens with one attached hydrogen (secondary N) is 1. The Morgan fingerprint density at radius 1 is 1.38 bits per heavy atom. The minimum Gasteiger partial charge on any atom is -0.338 e. The lowest BCUT2D eigenvalue weighted by Gasteiger charge is -2.14. The number of imidazole rings is 1. The number of rotatable bonds is 4. The number of hydrogen-bond acceptors (Lipinski definition) is 3. The van der Waals surface area contributed by atoms with Crippen LogP contribution >= 0.6 is 0 Å². The molecule has 3 aromatic rings. The van der Waals surface area contributed by atoms with Crippen LogP contribution in [0.2, 0.25) is 0 Å². The van der Waals surface area contributed by atoms with Crippen molar-refractivity contribution < 1.29 is 4.39 Å². The Labute approximate surface area is 140 Å². The summed E-state index contributed by atoms with van der Waals surface area (Å²) in [6, 6.07) is 2.97. The average Bonchev–Trinajstić information content (AvgIpc) is 3.02. The first-order valence-electron chi connectivity index (χ1n) is 8.06. The van der Waals surface area contributed by atoms with Gasteiger partial charge in [0.05, 0.1) is 23.6 Å². The maximum atomic E-state index is 13.8. The molecule has 0 bridgehead atoms. The summed E-state index contributed by atoms with van der Waals surface area (Å²) in [5.41, 5.74) is 5.41. The lowest BCUT2D eigenvalue weighted by molar-refractivity contribution is 0.628. The van der Waals surface area contributed by atoms with Gasteiger partial charge < -0.3 is 5.32 Å². The van der Waals surface area contributed by atoms with Crippen molar-refractivity contribution in [3.05, 3.63) is 59.5 Å². The zero-order valence-corrected chi connectivity index (χ0v) is 14.4. The van der Waals surface area contributed by atoms with Crippen molar-refractivity contribution in [1.29, 1.82) is 0 Å². The molecule has 24 heavy (non-hydrogen) atoms. The molecule has 3 rings (SSSR count). The third kappa shape index (κ3) is 2.77. The molecule has 0 atom stereocenters. The van der Waals surface area contributed by atoms with Crippen molar-refractivity contribution in [2.24, 2.45) is 0 Å². The lowest BCUT2D eigenvalue weighted by Crippen LogP contribution is -2.05. The van der Waals surface area contributed by atoms with Crippen LogP contribution in [0.25, 0.3) is 16.6 Å². The van der Waals surface area contributed by atoms with Crippen molar-refractivity contribution in [3.63, 3.8) is 0 Å². The van der Waals surface area contributed by atoms with E-state index in [1.54, 1.807) is 12.5 Å². The summed E-state index contributed by atoms with van der Waals surface area (Å²) in [6.45, 7) is 8.06. The van der Waals surface area contributed by atoms with E-state index in [9.17, 15) is 4.39 Å². The minimum absolute atomic E-state index is 0.285. The summed E-state index contributed by atoms with van der Waals surface area (Å²) in [6.07, 6.45) is 8.45. The van der Waals surface area contributed by atoms with E-state index in [2.05, 4.69) is 29.1 Å². The standard InChI is InChI=1S/C19H21FN4/c1-5-7-15(12(3)6-2)22-19-17-10-21-11-24(17)18-13(4)8-14(20)9-16(18)23-19/h5,7-11H,6H2,1-4H3,(H,22,23)/b7-5-,15-12+. The molecule has 0 fully saturated rings. The predicted molar refractivity (Wildman–Crippen MR) is 96.6 cm³/mol. The van der Waals surface area contributed by atoms with Crippen molar-refractivity contribution in [2.75, 3.05) is 5.32 Å². The Kier molecular flexibility index (Phi) is 4.34. The number of fused-ring (bicyclic) bond motifs is 3. The summed E-state index contributed by atoms with van der Waals surface area (Å²) < 4.78 is 15.8. The second-order valence-electron chi connectivity index (χ2n) is 5.87. The van der Waals surface area contributed by atoms with E-state index in [1.165, 1.54) is 17.7 Å². The molecule has 0 spiro atoms. The molecule has 1 aromatic carbocycles. The van der Waals surface area contributed by atoms with Gasteiger partial charge in [-0.1, -0.05) is 18.6 Å². The van der Waals surface area contributed by atoms with E-state index in [0.717, 1.165) is 28.7 Å². The van der Waals surface area contributed by atoms with Gasteiger partial charge in [0.1, 0.15) is 11.3 Å². The third-order valence-electron chi connectivity index (χ3n) is 4.18. The molecule has 0 saturated carbocycles. The van der Waals surface area contributed by atoms with E-state index in [-0.39, 0.29) is 5.82 Å². The van der Waals surface area contributed by atoms with Gasteiger partial charge in [-0.25, -0.2) is 14.4 Å². The fourth-order valence-electron chi connectivity index (χ4n) is 2.81. The number of anilines is 1. The highest BCUT2D eigenvalue weighted by Crippen LogP contribution is 2.26. The number of benzene rings is 1. The van der Waals surface area contributed by atoms with Crippen LogP contribution in [0.4, 0.5) is 10.2 Å². The fraction of sp³-hybridized carbons (Fsp3) is 0.263. The number of nitrogens with zero attached hydrogens (tertiary/aromatic N) is 3. The molecule has 0 aliphatic rings. The predicted octanol–water partition coefficient (Wildman–Crippen LogP) is 5.00. The largest absolute Gasteiger partial charge is 0.338 e. The Morgan fingerprint density at radius 3 is 2.88 bits per heavy atom. The molecule has 0 aliphatic carbocycles. The van der Waals surface area contributed by atoms with E-state index >= 15 is 0 Å². The zero-order chi connectivity index (χ0) is 17.3. The zero-order valence-electron chi connectivity index (χ0n) is 14.4. The summed E-state index contributed by atoms with van der Waals surface area (Å²) in [7, 11) is 0. The first kappa shape index (κ1) is 16.2. The normalized spacial score (nSPS) is 13.0. The molecular weight excluding hydrogens is 303 g/mol. The molecular formula is C19H21FN4. The van der Waals surface area contributed by atoms with Gasteiger partial charge in [-0.2, -0.15) is 0 Å². The SMILES string of the molecule is C/C=C\C(Nc1nc2cc(F)cc(C)c2n2cncc12)=C(\C)CC. The van der Waals surface area contributed by atoms with E-state index in [4.69, 9.17) is 0 Å². The van der Waals surface area contributed by atoms with Crippen molar-refractivity contribution >= 4 is 22.4 Å². The summed E-state index contributed by atoms with van der Waals surface area (Å²) in [4.78, 5) is 8.91. The molecule has 0 saturated heterocycles. The number of aromatic nitrogens is 3.